The Morgan fingerprint density at radius 2 is 1.82 bits per heavy atom. The predicted octanol–water partition coefficient (Wildman–Crippen LogP) is 4.70. The number of hydrogen-bond acceptors (Lipinski definition) is 4. The van der Waals surface area contributed by atoms with E-state index in [-0.39, 0.29) is 5.56 Å². The van der Waals surface area contributed by atoms with Crippen molar-refractivity contribution in [3.63, 3.8) is 0 Å². The first-order chi connectivity index (χ1) is 16.4. The van der Waals surface area contributed by atoms with Crippen LogP contribution in [0.3, 0.4) is 0 Å². The van der Waals surface area contributed by atoms with Gasteiger partial charge in [-0.2, -0.15) is 0 Å². The molecule has 0 unspecified atom stereocenters. The molecule has 7 nitrogen and oxygen atoms in total. The summed E-state index contributed by atoms with van der Waals surface area (Å²) in [5, 5.41) is 10.7. The van der Waals surface area contributed by atoms with Gasteiger partial charge in [0.15, 0.2) is 0 Å². The van der Waals surface area contributed by atoms with Crippen LogP contribution in [0.4, 0.5) is 0 Å². The highest BCUT2D eigenvalue weighted by molar-refractivity contribution is 5.99. The number of fused-ring (bicyclic) bond motifs is 3. The van der Waals surface area contributed by atoms with Crippen LogP contribution in [0.1, 0.15) is 25.8 Å². The molecule has 0 bridgehead atoms. The Labute approximate surface area is 196 Å². The van der Waals surface area contributed by atoms with Crippen molar-refractivity contribution >= 4 is 38.7 Å². The normalized spacial score (nSPS) is 11.0. The smallest absolute Gasteiger partial charge is 0.300 e. The van der Waals surface area contributed by atoms with Crippen LogP contribution in [0.5, 0.6) is 0 Å². The van der Waals surface area contributed by atoms with E-state index in [2.05, 4.69) is 46.9 Å². The Kier molecular flexibility index (Phi) is 6.75. The first-order valence-electron chi connectivity index (χ1n) is 11.4. The number of aromatic amines is 1. The number of carbonyl (C=O) groups is 1. The second-order valence-corrected chi connectivity index (χ2v) is 8.20. The Morgan fingerprint density at radius 3 is 2.50 bits per heavy atom. The van der Waals surface area contributed by atoms with Crippen molar-refractivity contribution in [2.24, 2.45) is 5.73 Å². The quantitative estimate of drug-likeness (QED) is 0.332. The zero-order valence-electron chi connectivity index (χ0n) is 19.3. The van der Waals surface area contributed by atoms with Crippen molar-refractivity contribution < 1.29 is 9.90 Å². The standard InChI is InChI=1S/C25H24N4O.C2H4O2/c1-2-16-9-5-10-19-20(15-29(24(16)19)12-6-11-26)23-25(30)28-22-14-18-8-4-3-7-17(18)13-21(22)27-23;1-2(3)4/h3-5,7-10,13-15H,2,6,11-12,26H2,1H3,(H,28,30);1H3,(H,3,4). The van der Waals surface area contributed by atoms with Gasteiger partial charge in [0.2, 0.25) is 0 Å². The minimum Gasteiger partial charge on any atom is -0.481 e. The van der Waals surface area contributed by atoms with Crippen LogP contribution in [0.2, 0.25) is 0 Å². The topological polar surface area (TPSA) is 114 Å². The fourth-order valence-electron chi connectivity index (χ4n) is 4.31. The van der Waals surface area contributed by atoms with Gasteiger partial charge < -0.3 is 20.4 Å². The van der Waals surface area contributed by atoms with Crippen LogP contribution >= 0.6 is 0 Å². The maximum Gasteiger partial charge on any atom is 0.300 e. The van der Waals surface area contributed by atoms with E-state index in [4.69, 9.17) is 20.6 Å². The molecule has 0 amide bonds. The van der Waals surface area contributed by atoms with Gasteiger partial charge in [-0.15, -0.1) is 0 Å². The molecule has 0 fully saturated rings. The number of nitrogens with zero attached hydrogens (tertiary/aromatic N) is 2. The number of aliphatic carboxylic acids is 1. The summed E-state index contributed by atoms with van der Waals surface area (Å²) in [6.45, 7) is 4.69. The average Bonchev–Trinajstić information content (AvgIpc) is 3.19. The SMILES string of the molecule is CC(=O)O.CCc1cccc2c(-c3nc4cc5ccccc5cc4[nH]c3=O)cn(CCCN)c12. The van der Waals surface area contributed by atoms with Gasteiger partial charge in [0.05, 0.1) is 16.6 Å². The van der Waals surface area contributed by atoms with Crippen LogP contribution in [0.15, 0.2) is 65.6 Å². The van der Waals surface area contributed by atoms with Gasteiger partial charge in [0, 0.05) is 30.6 Å². The van der Waals surface area contributed by atoms with Crippen LogP contribution in [-0.2, 0) is 17.8 Å². The number of rotatable bonds is 5. The summed E-state index contributed by atoms with van der Waals surface area (Å²) in [7, 11) is 0. The van der Waals surface area contributed by atoms with E-state index in [0.29, 0.717) is 12.2 Å². The molecule has 5 rings (SSSR count). The molecule has 2 aromatic heterocycles. The first-order valence-corrected chi connectivity index (χ1v) is 11.4. The summed E-state index contributed by atoms with van der Waals surface area (Å²) in [6, 6.07) is 18.4. The second kappa shape index (κ2) is 9.89. The van der Waals surface area contributed by atoms with Crippen LogP contribution < -0.4 is 11.3 Å². The average molecular weight is 457 g/mol. The summed E-state index contributed by atoms with van der Waals surface area (Å²) in [5.41, 5.74) is 10.9. The Morgan fingerprint density at radius 1 is 1.12 bits per heavy atom. The molecule has 7 heteroatoms. The number of nitrogens with two attached hydrogens (primary N) is 1. The molecule has 0 radical (unpaired) electrons. The number of para-hydroxylation sites is 1. The van der Waals surface area contributed by atoms with Crippen molar-refractivity contribution in [1.82, 2.24) is 14.5 Å². The van der Waals surface area contributed by atoms with Gasteiger partial charge >= 0.3 is 0 Å². The van der Waals surface area contributed by atoms with Crippen molar-refractivity contribution in [2.75, 3.05) is 6.54 Å². The molecule has 0 aliphatic heterocycles. The van der Waals surface area contributed by atoms with Gasteiger partial charge in [-0.25, -0.2) is 4.98 Å². The number of carboxylic acid groups (broad SMARTS) is 1. The van der Waals surface area contributed by atoms with Crippen molar-refractivity contribution in [3.05, 3.63) is 76.7 Å². The molecule has 2 heterocycles. The van der Waals surface area contributed by atoms with E-state index < -0.39 is 5.97 Å². The predicted molar refractivity (Wildman–Crippen MR) is 137 cm³/mol. The van der Waals surface area contributed by atoms with E-state index in [1.165, 1.54) is 11.1 Å². The number of aromatic nitrogens is 3. The number of H-pyrrole nitrogens is 1. The molecule has 0 saturated carbocycles. The third-order valence-electron chi connectivity index (χ3n) is 5.78. The van der Waals surface area contributed by atoms with E-state index in [1.807, 2.05) is 30.3 Å². The molecule has 0 saturated heterocycles. The van der Waals surface area contributed by atoms with Crippen molar-refractivity contribution in [2.45, 2.75) is 33.2 Å². The monoisotopic (exact) mass is 456 g/mol. The molecular formula is C27H28N4O3. The molecule has 0 atom stereocenters. The van der Waals surface area contributed by atoms with Crippen LogP contribution in [0, 0.1) is 0 Å². The van der Waals surface area contributed by atoms with Gasteiger partial charge in [0.1, 0.15) is 5.69 Å². The number of benzene rings is 3. The highest BCUT2D eigenvalue weighted by atomic mass is 16.4. The molecule has 0 spiro atoms. The van der Waals surface area contributed by atoms with E-state index in [9.17, 15) is 4.79 Å². The maximum absolute atomic E-state index is 13.0. The zero-order valence-corrected chi connectivity index (χ0v) is 19.3. The minimum absolute atomic E-state index is 0.169. The van der Waals surface area contributed by atoms with E-state index in [0.717, 1.165) is 59.1 Å². The van der Waals surface area contributed by atoms with E-state index in [1.54, 1.807) is 0 Å². The second-order valence-electron chi connectivity index (χ2n) is 8.20. The molecule has 0 aliphatic carbocycles. The zero-order chi connectivity index (χ0) is 24.2. The number of nitrogens with one attached hydrogen (secondary N) is 1. The van der Waals surface area contributed by atoms with Gasteiger partial charge in [-0.1, -0.05) is 49.4 Å². The Balaban J connectivity index is 0.000000636. The van der Waals surface area contributed by atoms with Crippen LogP contribution in [-0.4, -0.2) is 32.2 Å². The third-order valence-corrected chi connectivity index (χ3v) is 5.78. The summed E-state index contributed by atoms with van der Waals surface area (Å²) in [4.78, 5) is 29.9. The maximum atomic E-state index is 13.0. The summed E-state index contributed by atoms with van der Waals surface area (Å²) < 4.78 is 2.22. The molecule has 34 heavy (non-hydrogen) atoms. The van der Waals surface area contributed by atoms with Gasteiger partial charge in [-0.05, 0) is 47.9 Å². The number of hydrogen-bond donors (Lipinski definition) is 3. The molecule has 3 aromatic carbocycles. The van der Waals surface area contributed by atoms with Crippen molar-refractivity contribution in [1.29, 1.82) is 0 Å². The van der Waals surface area contributed by atoms with Crippen LogP contribution in [0.25, 0.3) is 44.0 Å². The molecule has 174 valence electrons. The van der Waals surface area contributed by atoms with Gasteiger partial charge in [0.25, 0.3) is 11.5 Å². The number of aryl methyl sites for hydroxylation is 2. The van der Waals surface area contributed by atoms with Gasteiger partial charge in [-0.3, -0.25) is 9.59 Å². The highest BCUT2D eigenvalue weighted by Crippen LogP contribution is 2.31. The first kappa shape index (κ1) is 23.2. The summed E-state index contributed by atoms with van der Waals surface area (Å²) >= 11 is 0. The fraction of sp³-hybridized carbons (Fsp3) is 0.222. The number of carboxylic acids is 1. The van der Waals surface area contributed by atoms with Crippen molar-refractivity contribution in [3.8, 4) is 11.3 Å². The van der Waals surface area contributed by atoms with E-state index >= 15 is 0 Å². The molecule has 4 N–H and O–H groups in total. The lowest BCUT2D eigenvalue weighted by molar-refractivity contribution is -0.134. The molecule has 5 aromatic rings. The Bertz CT molecular complexity index is 1540. The molecular weight excluding hydrogens is 428 g/mol. The lowest BCUT2D eigenvalue weighted by atomic mass is 10.0. The largest absolute Gasteiger partial charge is 0.481 e. The lowest BCUT2D eigenvalue weighted by Gasteiger charge is -2.07. The fourth-order valence-corrected chi connectivity index (χ4v) is 4.31. The minimum atomic E-state index is -0.833. The highest BCUT2D eigenvalue weighted by Gasteiger charge is 2.17. The summed E-state index contributed by atoms with van der Waals surface area (Å²) in [6.07, 6.45) is 3.87. The third kappa shape index (κ3) is 4.56. The summed E-state index contributed by atoms with van der Waals surface area (Å²) in [5.74, 6) is -0.833. The Hall–Kier alpha value is -3.97. The molecule has 0 aliphatic rings. The lowest BCUT2D eigenvalue weighted by Crippen LogP contribution is -2.11.